The molecule has 34 heavy (non-hydrogen) atoms. The molecule has 2 aromatic carbocycles. The van der Waals surface area contributed by atoms with Crippen molar-refractivity contribution >= 4 is 29.0 Å². The molecule has 0 saturated carbocycles. The van der Waals surface area contributed by atoms with Crippen LogP contribution in [0, 0.1) is 11.3 Å². The average molecular weight is 476 g/mol. The lowest BCUT2D eigenvalue weighted by Crippen LogP contribution is -2.41. The molecule has 0 radical (unpaired) electrons. The monoisotopic (exact) mass is 475 g/mol. The van der Waals surface area contributed by atoms with Crippen molar-refractivity contribution in [2.75, 3.05) is 21.3 Å². The number of rotatable bonds is 5. The van der Waals surface area contributed by atoms with Crippen LogP contribution in [0.4, 0.5) is 0 Å². The number of methoxy groups -OCH3 is 3. The van der Waals surface area contributed by atoms with E-state index in [0.717, 1.165) is 16.9 Å². The van der Waals surface area contributed by atoms with E-state index in [1.807, 2.05) is 12.1 Å². The molecule has 1 aliphatic heterocycles. The third-order valence-corrected chi connectivity index (χ3v) is 6.58. The topological polar surface area (TPSA) is 117 Å². The van der Waals surface area contributed by atoms with Gasteiger partial charge in [0.25, 0.3) is 5.56 Å². The fourth-order valence-electron chi connectivity index (χ4n) is 3.86. The third-order valence-electron chi connectivity index (χ3n) is 5.47. The number of nitrogens with zero attached hydrogens (tertiary/aromatic N) is 2. The van der Waals surface area contributed by atoms with Gasteiger partial charge in [0, 0.05) is 0 Å². The van der Waals surface area contributed by atoms with Crippen molar-refractivity contribution in [2.24, 2.45) is 5.73 Å². The number of ether oxygens (including phenoxy) is 3. The summed E-state index contributed by atoms with van der Waals surface area (Å²) in [7, 11) is 4.32. The molecule has 0 saturated heterocycles. The average Bonchev–Trinajstić information content (AvgIpc) is 3.17. The Bertz CT molecular complexity index is 1540. The van der Waals surface area contributed by atoms with Gasteiger partial charge in [-0.3, -0.25) is 9.36 Å². The van der Waals surface area contributed by atoms with Crippen molar-refractivity contribution in [1.29, 1.82) is 5.26 Å². The Labute approximate surface area is 199 Å². The fourth-order valence-corrected chi connectivity index (χ4v) is 5.03. The zero-order chi connectivity index (χ0) is 24.4. The Morgan fingerprint density at radius 3 is 2.44 bits per heavy atom. The van der Waals surface area contributed by atoms with E-state index < -0.39 is 12.0 Å². The van der Waals surface area contributed by atoms with Crippen molar-refractivity contribution in [2.45, 2.75) is 6.04 Å². The minimum absolute atomic E-state index is 0.00871. The van der Waals surface area contributed by atoms with Gasteiger partial charge in [-0.15, -0.1) is 11.3 Å². The smallest absolute Gasteiger partial charge is 0.343 e. The van der Waals surface area contributed by atoms with E-state index >= 15 is 0 Å². The Kier molecular flexibility index (Phi) is 6.25. The highest BCUT2D eigenvalue weighted by Gasteiger charge is 2.34. The highest BCUT2D eigenvalue weighted by Crippen LogP contribution is 2.32. The Balaban J connectivity index is 2.08. The van der Waals surface area contributed by atoms with Crippen molar-refractivity contribution in [3.63, 3.8) is 0 Å². The number of esters is 1. The maximum Gasteiger partial charge on any atom is 0.343 e. The SMILES string of the molecule is COC(=O)C1=c2s/c(=C/c3cccc(OC)c3)c(=O)n2C(c2cccc(OC)c2)C(C#N)=C1N. The second-order valence-corrected chi connectivity index (χ2v) is 8.38. The van der Waals surface area contributed by atoms with E-state index in [1.54, 1.807) is 49.6 Å². The van der Waals surface area contributed by atoms with E-state index in [2.05, 4.69) is 6.07 Å². The van der Waals surface area contributed by atoms with Gasteiger partial charge in [0.15, 0.2) is 0 Å². The minimum Gasteiger partial charge on any atom is -0.497 e. The molecule has 1 aliphatic rings. The second kappa shape index (κ2) is 9.29. The van der Waals surface area contributed by atoms with Gasteiger partial charge in [-0.2, -0.15) is 5.26 Å². The van der Waals surface area contributed by atoms with Crippen LogP contribution in [0.5, 0.6) is 11.5 Å². The predicted octanol–water partition coefficient (Wildman–Crippen LogP) is 1.42. The number of aromatic nitrogens is 1. The highest BCUT2D eigenvalue weighted by molar-refractivity contribution is 7.07. The first-order valence-electron chi connectivity index (χ1n) is 10.2. The molecule has 4 rings (SSSR count). The molecule has 1 unspecified atom stereocenters. The van der Waals surface area contributed by atoms with Gasteiger partial charge in [-0.05, 0) is 41.5 Å². The first-order valence-corrected chi connectivity index (χ1v) is 11.0. The number of nitrogens with two attached hydrogens (primary N) is 1. The van der Waals surface area contributed by atoms with Crippen LogP contribution in [-0.2, 0) is 9.53 Å². The van der Waals surface area contributed by atoms with E-state index in [9.17, 15) is 14.9 Å². The summed E-state index contributed by atoms with van der Waals surface area (Å²) in [6.45, 7) is 0. The highest BCUT2D eigenvalue weighted by atomic mass is 32.1. The van der Waals surface area contributed by atoms with E-state index in [4.69, 9.17) is 19.9 Å². The van der Waals surface area contributed by atoms with Crippen LogP contribution in [-0.4, -0.2) is 31.9 Å². The van der Waals surface area contributed by atoms with Crippen LogP contribution < -0.4 is 30.0 Å². The van der Waals surface area contributed by atoms with Gasteiger partial charge in [0.1, 0.15) is 27.8 Å². The molecule has 8 nitrogen and oxygen atoms in total. The predicted molar refractivity (Wildman–Crippen MR) is 128 cm³/mol. The number of fused-ring (bicyclic) bond motifs is 1. The molecular formula is C25H21N3O5S. The summed E-state index contributed by atoms with van der Waals surface area (Å²) in [6.07, 6.45) is 1.71. The molecular weight excluding hydrogens is 454 g/mol. The van der Waals surface area contributed by atoms with Crippen LogP contribution in [0.3, 0.4) is 0 Å². The molecule has 1 atom stereocenters. The van der Waals surface area contributed by atoms with Gasteiger partial charge in [0.05, 0.1) is 43.2 Å². The largest absolute Gasteiger partial charge is 0.497 e. The summed E-state index contributed by atoms with van der Waals surface area (Å²) in [6, 6.07) is 15.5. The summed E-state index contributed by atoms with van der Waals surface area (Å²) >= 11 is 1.11. The van der Waals surface area contributed by atoms with Crippen molar-refractivity contribution < 1.29 is 19.0 Å². The zero-order valence-electron chi connectivity index (χ0n) is 18.7. The van der Waals surface area contributed by atoms with Crippen LogP contribution in [0.25, 0.3) is 11.6 Å². The lowest BCUT2D eigenvalue weighted by atomic mass is 9.93. The van der Waals surface area contributed by atoms with Gasteiger partial charge in [-0.1, -0.05) is 24.3 Å². The number of thiazole rings is 1. The summed E-state index contributed by atoms with van der Waals surface area (Å²) in [4.78, 5) is 26.3. The molecule has 1 aromatic heterocycles. The molecule has 0 aliphatic carbocycles. The molecule has 3 aromatic rings. The number of hydrogen-bond acceptors (Lipinski definition) is 8. The summed E-state index contributed by atoms with van der Waals surface area (Å²) in [5.41, 5.74) is 7.38. The number of carbonyl (C=O) groups is 1. The zero-order valence-corrected chi connectivity index (χ0v) is 19.5. The first kappa shape index (κ1) is 22.9. The van der Waals surface area contributed by atoms with Crippen LogP contribution in [0.15, 0.2) is 64.6 Å². The normalized spacial score (nSPS) is 15.5. The van der Waals surface area contributed by atoms with Crippen LogP contribution >= 0.6 is 11.3 Å². The number of hydrogen-bond donors (Lipinski definition) is 1. The molecule has 9 heteroatoms. The second-order valence-electron chi connectivity index (χ2n) is 7.35. The maximum absolute atomic E-state index is 13.7. The van der Waals surface area contributed by atoms with E-state index in [0.29, 0.717) is 26.3 Å². The quantitative estimate of drug-likeness (QED) is 0.555. The van der Waals surface area contributed by atoms with Gasteiger partial charge >= 0.3 is 5.97 Å². The molecule has 172 valence electrons. The Morgan fingerprint density at radius 2 is 1.79 bits per heavy atom. The number of allylic oxidation sites excluding steroid dienone is 1. The third kappa shape index (κ3) is 3.84. The Hall–Kier alpha value is -4.29. The van der Waals surface area contributed by atoms with Gasteiger partial charge in [0.2, 0.25) is 0 Å². The lowest BCUT2D eigenvalue weighted by Gasteiger charge is -2.25. The molecule has 0 fully saturated rings. The van der Waals surface area contributed by atoms with Crippen LogP contribution in [0.2, 0.25) is 0 Å². The molecule has 0 spiro atoms. The van der Waals surface area contributed by atoms with Crippen molar-refractivity contribution in [3.05, 3.63) is 90.5 Å². The van der Waals surface area contributed by atoms with Crippen molar-refractivity contribution in [1.82, 2.24) is 4.57 Å². The first-order chi connectivity index (χ1) is 16.4. The van der Waals surface area contributed by atoms with Crippen molar-refractivity contribution in [3.8, 4) is 17.6 Å². The number of nitriles is 1. The van der Waals surface area contributed by atoms with Gasteiger partial charge < -0.3 is 19.9 Å². The molecule has 2 heterocycles. The summed E-state index contributed by atoms with van der Waals surface area (Å²) in [5.74, 6) is 0.477. The molecule has 2 N–H and O–H groups in total. The fraction of sp³-hybridized carbons (Fsp3) is 0.160. The number of carbonyl (C=O) groups excluding carboxylic acids is 1. The molecule has 0 bridgehead atoms. The lowest BCUT2D eigenvalue weighted by molar-refractivity contribution is -0.133. The van der Waals surface area contributed by atoms with Crippen LogP contribution in [0.1, 0.15) is 17.2 Å². The van der Waals surface area contributed by atoms with E-state index in [1.165, 1.54) is 18.8 Å². The van der Waals surface area contributed by atoms with E-state index in [-0.39, 0.29) is 22.4 Å². The summed E-state index contributed by atoms with van der Waals surface area (Å²) < 4.78 is 17.6. The Morgan fingerprint density at radius 1 is 1.12 bits per heavy atom. The molecule has 0 amide bonds. The summed E-state index contributed by atoms with van der Waals surface area (Å²) in [5, 5.41) is 9.99. The number of benzene rings is 2. The maximum atomic E-state index is 13.7. The standard InChI is InChI=1S/C25H21N3O5S/c1-31-16-8-4-6-14(10-16)11-19-23(29)28-22(15-7-5-9-17(12-15)32-2)18(13-26)21(27)20(24(28)34-19)25(30)33-3/h4-12,22H,27H2,1-3H3/b19-11+. The van der Waals surface area contributed by atoms with Gasteiger partial charge in [-0.25, -0.2) is 4.79 Å². The minimum atomic E-state index is -0.834.